The maximum atomic E-state index is 5.73. The number of hydrogen-bond donors (Lipinski definition) is 1. The molecule has 1 heterocycles. The van der Waals surface area contributed by atoms with Gasteiger partial charge in [0.15, 0.2) is 0 Å². The van der Waals surface area contributed by atoms with E-state index in [1.807, 2.05) is 13.2 Å². The molecule has 0 aliphatic carbocycles. The quantitative estimate of drug-likeness (QED) is 0.925. The molecule has 0 atom stereocenters. The Morgan fingerprint density at radius 3 is 2.62 bits per heavy atom. The number of halogens is 1. The molecule has 1 aromatic rings. The van der Waals surface area contributed by atoms with Gasteiger partial charge in [-0.1, -0.05) is 13.8 Å². The van der Waals surface area contributed by atoms with Crippen molar-refractivity contribution in [1.82, 2.24) is 4.98 Å². The van der Waals surface area contributed by atoms with Crippen LogP contribution >= 0.6 is 15.9 Å². The van der Waals surface area contributed by atoms with E-state index in [0.717, 1.165) is 16.8 Å². The fourth-order valence-corrected chi connectivity index (χ4v) is 1.74. The van der Waals surface area contributed by atoms with Crippen LogP contribution in [0.2, 0.25) is 0 Å². The minimum absolute atomic E-state index is 0.109. The average molecular weight is 286 g/mol. The minimum Gasteiger partial charge on any atom is -0.359 e. The summed E-state index contributed by atoms with van der Waals surface area (Å²) in [7, 11) is 2.05. The first-order valence-corrected chi connectivity index (χ1v) is 6.18. The molecule has 0 aliphatic heterocycles. The second-order valence-corrected chi connectivity index (χ2v) is 5.87. The average Bonchev–Trinajstić information content (AvgIpc) is 2.21. The summed E-state index contributed by atoms with van der Waals surface area (Å²) in [5, 5.41) is 0. The van der Waals surface area contributed by atoms with Gasteiger partial charge in [-0.3, -0.25) is 0 Å². The molecule has 0 fully saturated rings. The molecular weight excluding hydrogens is 266 g/mol. The second kappa shape index (κ2) is 5.15. The van der Waals surface area contributed by atoms with E-state index in [0.29, 0.717) is 6.54 Å². The van der Waals surface area contributed by atoms with Gasteiger partial charge in [-0.25, -0.2) is 4.98 Å². The van der Waals surface area contributed by atoms with Gasteiger partial charge < -0.3 is 10.6 Å². The van der Waals surface area contributed by atoms with Crippen molar-refractivity contribution >= 4 is 21.7 Å². The summed E-state index contributed by atoms with van der Waals surface area (Å²) in [6.45, 7) is 7.96. The normalized spacial score (nSPS) is 11.6. The summed E-state index contributed by atoms with van der Waals surface area (Å²) in [6.07, 6.45) is 1.84. The van der Waals surface area contributed by atoms with E-state index in [-0.39, 0.29) is 5.41 Å². The predicted octanol–water partition coefficient (Wildman–Crippen LogP) is 2.57. The Labute approximate surface area is 106 Å². The highest BCUT2D eigenvalue weighted by atomic mass is 79.9. The van der Waals surface area contributed by atoms with Crippen molar-refractivity contribution in [3.63, 3.8) is 0 Å². The van der Waals surface area contributed by atoms with Crippen molar-refractivity contribution in [2.75, 3.05) is 25.0 Å². The van der Waals surface area contributed by atoms with Gasteiger partial charge in [0.1, 0.15) is 5.82 Å². The van der Waals surface area contributed by atoms with Crippen molar-refractivity contribution in [2.45, 2.75) is 20.8 Å². The molecule has 0 aliphatic rings. The predicted molar refractivity (Wildman–Crippen MR) is 72.8 cm³/mol. The molecule has 0 saturated heterocycles. The Balaban J connectivity index is 2.81. The molecule has 0 bridgehead atoms. The smallest absolute Gasteiger partial charge is 0.128 e. The van der Waals surface area contributed by atoms with Crippen LogP contribution in [0, 0.1) is 12.3 Å². The standard InChI is InChI=1S/C12H20BrN3/c1-9-5-11(15-6-10(9)13)16(4)8-12(2,3)7-14/h5-6H,7-8,14H2,1-4H3. The van der Waals surface area contributed by atoms with Crippen LogP contribution in [-0.2, 0) is 0 Å². The van der Waals surface area contributed by atoms with E-state index in [1.165, 1.54) is 5.56 Å². The van der Waals surface area contributed by atoms with Gasteiger partial charge in [-0.2, -0.15) is 0 Å². The van der Waals surface area contributed by atoms with Crippen molar-refractivity contribution in [3.8, 4) is 0 Å². The highest BCUT2D eigenvalue weighted by Crippen LogP contribution is 2.22. The van der Waals surface area contributed by atoms with Crippen molar-refractivity contribution in [2.24, 2.45) is 11.1 Å². The highest BCUT2D eigenvalue weighted by Gasteiger charge is 2.19. The number of nitrogens with zero attached hydrogens (tertiary/aromatic N) is 2. The second-order valence-electron chi connectivity index (χ2n) is 5.02. The van der Waals surface area contributed by atoms with Gasteiger partial charge in [-0.15, -0.1) is 0 Å². The maximum Gasteiger partial charge on any atom is 0.128 e. The third kappa shape index (κ3) is 3.46. The monoisotopic (exact) mass is 285 g/mol. The summed E-state index contributed by atoms with van der Waals surface area (Å²) >= 11 is 3.45. The lowest BCUT2D eigenvalue weighted by molar-refractivity contribution is 0.384. The lowest BCUT2D eigenvalue weighted by Gasteiger charge is -2.29. The minimum atomic E-state index is 0.109. The van der Waals surface area contributed by atoms with E-state index >= 15 is 0 Å². The van der Waals surface area contributed by atoms with Crippen molar-refractivity contribution in [3.05, 3.63) is 22.3 Å². The van der Waals surface area contributed by atoms with Crippen LogP contribution in [0.3, 0.4) is 0 Å². The van der Waals surface area contributed by atoms with Gasteiger partial charge in [0, 0.05) is 24.3 Å². The number of aromatic nitrogens is 1. The lowest BCUT2D eigenvalue weighted by Crippen LogP contribution is -2.37. The summed E-state index contributed by atoms with van der Waals surface area (Å²) in [5.41, 5.74) is 7.04. The zero-order valence-electron chi connectivity index (χ0n) is 10.4. The van der Waals surface area contributed by atoms with Crippen molar-refractivity contribution in [1.29, 1.82) is 0 Å². The molecule has 0 saturated carbocycles. The van der Waals surface area contributed by atoms with Crippen LogP contribution in [0.1, 0.15) is 19.4 Å². The third-order valence-electron chi connectivity index (χ3n) is 2.64. The van der Waals surface area contributed by atoms with Crippen LogP contribution in [0.25, 0.3) is 0 Å². The van der Waals surface area contributed by atoms with Crippen molar-refractivity contribution < 1.29 is 0 Å². The fourth-order valence-electron chi connectivity index (χ4n) is 1.52. The van der Waals surface area contributed by atoms with Crippen LogP contribution < -0.4 is 10.6 Å². The molecule has 90 valence electrons. The van der Waals surface area contributed by atoms with E-state index in [1.54, 1.807) is 0 Å². The Kier molecular flexibility index (Phi) is 4.33. The molecule has 0 spiro atoms. The Hall–Kier alpha value is -0.610. The summed E-state index contributed by atoms with van der Waals surface area (Å²) in [6, 6.07) is 2.08. The van der Waals surface area contributed by atoms with Crippen LogP contribution in [0.5, 0.6) is 0 Å². The largest absolute Gasteiger partial charge is 0.359 e. The molecule has 0 aromatic carbocycles. The molecule has 1 rings (SSSR count). The van der Waals surface area contributed by atoms with Gasteiger partial charge in [0.2, 0.25) is 0 Å². The Morgan fingerprint density at radius 1 is 1.50 bits per heavy atom. The summed E-state index contributed by atoms with van der Waals surface area (Å²) in [4.78, 5) is 6.54. The number of hydrogen-bond acceptors (Lipinski definition) is 3. The fraction of sp³-hybridized carbons (Fsp3) is 0.583. The zero-order valence-corrected chi connectivity index (χ0v) is 12.0. The number of pyridine rings is 1. The zero-order chi connectivity index (χ0) is 12.3. The molecule has 3 nitrogen and oxygen atoms in total. The van der Waals surface area contributed by atoms with Crippen LogP contribution in [-0.4, -0.2) is 25.1 Å². The third-order valence-corrected chi connectivity index (χ3v) is 3.47. The first-order valence-electron chi connectivity index (χ1n) is 5.39. The van der Waals surface area contributed by atoms with Gasteiger partial charge >= 0.3 is 0 Å². The molecular formula is C12H20BrN3. The topological polar surface area (TPSA) is 42.1 Å². The molecule has 4 heteroatoms. The first kappa shape index (κ1) is 13.5. The van der Waals surface area contributed by atoms with E-state index in [9.17, 15) is 0 Å². The summed E-state index contributed by atoms with van der Waals surface area (Å²) < 4.78 is 1.04. The molecule has 16 heavy (non-hydrogen) atoms. The number of rotatable bonds is 4. The lowest BCUT2D eigenvalue weighted by atomic mass is 9.93. The van der Waals surface area contributed by atoms with Crippen LogP contribution in [0.4, 0.5) is 5.82 Å². The van der Waals surface area contributed by atoms with Crippen LogP contribution in [0.15, 0.2) is 16.7 Å². The molecule has 2 N–H and O–H groups in total. The van der Waals surface area contributed by atoms with Gasteiger partial charge in [-0.05, 0) is 46.4 Å². The number of aryl methyl sites for hydroxylation is 1. The molecule has 0 radical (unpaired) electrons. The van der Waals surface area contributed by atoms with E-state index in [4.69, 9.17) is 5.73 Å². The summed E-state index contributed by atoms with van der Waals surface area (Å²) in [5.74, 6) is 0.988. The SMILES string of the molecule is Cc1cc(N(C)CC(C)(C)CN)ncc1Br. The molecule has 1 aromatic heterocycles. The van der Waals surface area contributed by atoms with E-state index < -0.39 is 0 Å². The maximum absolute atomic E-state index is 5.73. The number of nitrogens with two attached hydrogens (primary N) is 1. The molecule has 0 amide bonds. The highest BCUT2D eigenvalue weighted by molar-refractivity contribution is 9.10. The first-order chi connectivity index (χ1) is 7.35. The van der Waals surface area contributed by atoms with E-state index in [2.05, 4.69) is 52.7 Å². The number of anilines is 1. The Morgan fingerprint density at radius 2 is 2.12 bits per heavy atom. The van der Waals surface area contributed by atoms with Gasteiger partial charge in [0.05, 0.1) is 0 Å². The Bertz CT molecular complexity index is 363. The molecule has 0 unspecified atom stereocenters. The van der Waals surface area contributed by atoms with Gasteiger partial charge in [0.25, 0.3) is 0 Å².